The number of carbonyl (C=O) groups is 1. The van der Waals surface area contributed by atoms with Gasteiger partial charge >= 0.3 is 0 Å². The van der Waals surface area contributed by atoms with Gasteiger partial charge in [0, 0.05) is 25.1 Å². The third-order valence-corrected chi connectivity index (χ3v) is 6.70. The Hall–Kier alpha value is -2.49. The van der Waals surface area contributed by atoms with Gasteiger partial charge in [0.25, 0.3) is 11.5 Å². The first-order chi connectivity index (χ1) is 12.6. The van der Waals surface area contributed by atoms with Gasteiger partial charge in [0.15, 0.2) is 14.6 Å². The SMILES string of the molecule is CC(CCn1ccc(-c2cccc(CO)c2)cc1=O)(C(=O)NO)S(C)(=O)=O. The molecule has 2 aromatic rings. The van der Waals surface area contributed by atoms with E-state index in [9.17, 15) is 23.1 Å². The van der Waals surface area contributed by atoms with Crippen molar-refractivity contribution in [3.05, 3.63) is 58.5 Å². The molecule has 1 aromatic heterocycles. The average molecular weight is 394 g/mol. The number of aryl methyl sites for hydroxylation is 1. The van der Waals surface area contributed by atoms with Crippen LogP contribution in [-0.2, 0) is 27.8 Å². The van der Waals surface area contributed by atoms with Gasteiger partial charge in [-0.1, -0.05) is 18.2 Å². The summed E-state index contributed by atoms with van der Waals surface area (Å²) >= 11 is 0. The lowest BCUT2D eigenvalue weighted by atomic mass is 10.0. The third kappa shape index (κ3) is 4.44. The fourth-order valence-corrected chi connectivity index (χ4v) is 3.49. The molecule has 0 aliphatic heterocycles. The second-order valence-corrected chi connectivity index (χ2v) is 8.94. The van der Waals surface area contributed by atoms with Crippen LogP contribution in [0.25, 0.3) is 11.1 Å². The predicted octanol–water partition coefficient (Wildman–Crippen LogP) is 0.706. The van der Waals surface area contributed by atoms with E-state index in [2.05, 4.69) is 0 Å². The van der Waals surface area contributed by atoms with Gasteiger partial charge in [-0.15, -0.1) is 0 Å². The maximum absolute atomic E-state index is 12.4. The first-order valence-electron chi connectivity index (χ1n) is 8.17. The minimum atomic E-state index is -3.83. The highest BCUT2D eigenvalue weighted by molar-refractivity contribution is 7.92. The molecule has 0 bridgehead atoms. The first kappa shape index (κ1) is 20.8. The van der Waals surface area contributed by atoms with Crippen LogP contribution in [0, 0.1) is 0 Å². The summed E-state index contributed by atoms with van der Waals surface area (Å²) in [6.45, 7) is 1.07. The Morgan fingerprint density at radius 1 is 1.22 bits per heavy atom. The lowest BCUT2D eigenvalue weighted by Crippen LogP contribution is -2.49. The lowest BCUT2D eigenvalue weighted by Gasteiger charge is -2.25. The van der Waals surface area contributed by atoms with Crippen molar-refractivity contribution in [2.75, 3.05) is 6.26 Å². The summed E-state index contributed by atoms with van der Waals surface area (Å²) in [6, 6.07) is 10.2. The molecule has 1 amide bonds. The summed E-state index contributed by atoms with van der Waals surface area (Å²) in [7, 11) is -3.83. The molecule has 0 spiro atoms. The summed E-state index contributed by atoms with van der Waals surface area (Å²) in [6.07, 6.45) is 2.24. The molecule has 8 nitrogen and oxygen atoms in total. The number of hydroxylamine groups is 1. The van der Waals surface area contributed by atoms with Crippen molar-refractivity contribution in [3.63, 3.8) is 0 Å². The Bertz CT molecular complexity index is 999. The highest BCUT2D eigenvalue weighted by atomic mass is 32.2. The Balaban J connectivity index is 2.28. The number of nitrogens with zero attached hydrogens (tertiary/aromatic N) is 1. The van der Waals surface area contributed by atoms with Gasteiger partial charge in [-0.2, -0.15) is 0 Å². The number of amides is 1. The van der Waals surface area contributed by atoms with Crippen molar-refractivity contribution >= 4 is 15.7 Å². The normalized spacial score (nSPS) is 13.8. The van der Waals surface area contributed by atoms with Gasteiger partial charge < -0.3 is 9.67 Å². The van der Waals surface area contributed by atoms with E-state index in [0.29, 0.717) is 5.56 Å². The minimum absolute atomic E-state index is 0.0210. The molecule has 3 N–H and O–H groups in total. The maximum atomic E-state index is 12.4. The summed E-state index contributed by atoms with van der Waals surface area (Å²) in [5, 5.41) is 18.1. The molecule has 9 heteroatoms. The molecule has 1 atom stereocenters. The Labute approximate surface area is 157 Å². The number of nitrogens with one attached hydrogen (secondary N) is 1. The molecule has 0 saturated heterocycles. The van der Waals surface area contributed by atoms with Crippen LogP contribution in [0.1, 0.15) is 18.9 Å². The Kier molecular flexibility index (Phi) is 6.19. The minimum Gasteiger partial charge on any atom is -0.392 e. The maximum Gasteiger partial charge on any atom is 0.264 e. The molecule has 1 aromatic carbocycles. The summed E-state index contributed by atoms with van der Waals surface area (Å²) < 4.78 is 23.4. The zero-order valence-corrected chi connectivity index (χ0v) is 15.9. The van der Waals surface area contributed by atoms with Crippen LogP contribution in [0.15, 0.2) is 47.4 Å². The van der Waals surface area contributed by atoms with E-state index >= 15 is 0 Å². The number of benzene rings is 1. The fraction of sp³-hybridized carbons (Fsp3) is 0.333. The van der Waals surface area contributed by atoms with Crippen LogP contribution < -0.4 is 11.0 Å². The van der Waals surface area contributed by atoms with Gasteiger partial charge in [-0.05, 0) is 42.2 Å². The lowest BCUT2D eigenvalue weighted by molar-refractivity contribution is -0.131. The van der Waals surface area contributed by atoms with Gasteiger partial charge in [0.1, 0.15) is 0 Å². The van der Waals surface area contributed by atoms with E-state index in [1.54, 1.807) is 24.3 Å². The van der Waals surface area contributed by atoms with E-state index in [0.717, 1.165) is 17.4 Å². The van der Waals surface area contributed by atoms with Crippen LogP contribution in [0.5, 0.6) is 0 Å². The molecule has 1 heterocycles. The van der Waals surface area contributed by atoms with Crippen LogP contribution in [0.2, 0.25) is 0 Å². The standard InChI is InChI=1S/C18H22N2O6S/c1-18(17(23)19-24,27(2,25)26)7-9-20-8-6-15(11-16(20)22)14-5-3-4-13(10-14)12-21/h3-6,8,10-11,21,24H,7,9,12H2,1-2H3,(H,19,23). The fourth-order valence-electron chi connectivity index (χ4n) is 2.64. The molecule has 27 heavy (non-hydrogen) atoms. The van der Waals surface area contributed by atoms with Crippen molar-refractivity contribution in [2.45, 2.75) is 31.2 Å². The van der Waals surface area contributed by atoms with Gasteiger partial charge in [-0.3, -0.25) is 14.8 Å². The van der Waals surface area contributed by atoms with E-state index in [1.165, 1.54) is 29.2 Å². The number of sulfone groups is 1. The van der Waals surface area contributed by atoms with Gasteiger partial charge in [0.05, 0.1) is 6.61 Å². The van der Waals surface area contributed by atoms with Crippen molar-refractivity contribution < 1.29 is 23.5 Å². The number of aromatic nitrogens is 1. The summed E-state index contributed by atoms with van der Waals surface area (Å²) in [4.78, 5) is 24.2. The number of pyridine rings is 1. The molecule has 0 aliphatic carbocycles. The highest BCUT2D eigenvalue weighted by Crippen LogP contribution is 2.23. The topological polar surface area (TPSA) is 126 Å². The zero-order valence-electron chi connectivity index (χ0n) is 15.0. The predicted molar refractivity (Wildman–Crippen MR) is 99.9 cm³/mol. The van der Waals surface area contributed by atoms with Crippen molar-refractivity contribution in [3.8, 4) is 11.1 Å². The van der Waals surface area contributed by atoms with E-state index in [-0.39, 0.29) is 25.1 Å². The number of aliphatic hydroxyl groups excluding tert-OH is 1. The van der Waals surface area contributed by atoms with Gasteiger partial charge in [0.2, 0.25) is 0 Å². The number of aliphatic hydroxyl groups is 1. The molecule has 0 aliphatic rings. The number of carbonyl (C=O) groups excluding carboxylic acids is 1. The number of rotatable bonds is 7. The van der Waals surface area contributed by atoms with Crippen LogP contribution >= 0.6 is 0 Å². The number of hydrogen-bond donors (Lipinski definition) is 3. The average Bonchev–Trinajstić information content (AvgIpc) is 2.65. The first-order valence-corrected chi connectivity index (χ1v) is 10.1. The molecule has 0 fully saturated rings. The molecular formula is C18H22N2O6S. The number of hydrogen-bond acceptors (Lipinski definition) is 6. The zero-order chi connectivity index (χ0) is 20.2. The van der Waals surface area contributed by atoms with E-state index < -0.39 is 20.5 Å². The monoisotopic (exact) mass is 394 g/mol. The van der Waals surface area contributed by atoms with Crippen molar-refractivity contribution in [1.29, 1.82) is 0 Å². The van der Waals surface area contributed by atoms with E-state index in [1.807, 2.05) is 6.07 Å². The molecule has 1 unspecified atom stereocenters. The highest BCUT2D eigenvalue weighted by Gasteiger charge is 2.43. The molecule has 146 valence electrons. The smallest absolute Gasteiger partial charge is 0.264 e. The van der Waals surface area contributed by atoms with Crippen LogP contribution in [0.3, 0.4) is 0 Å². The molecule has 0 radical (unpaired) electrons. The molecule has 2 rings (SSSR count). The Morgan fingerprint density at radius 3 is 2.44 bits per heavy atom. The molecular weight excluding hydrogens is 372 g/mol. The second kappa shape index (κ2) is 8.03. The van der Waals surface area contributed by atoms with Crippen LogP contribution in [0.4, 0.5) is 0 Å². The quantitative estimate of drug-likeness (QED) is 0.469. The molecule has 0 saturated carbocycles. The van der Waals surface area contributed by atoms with Crippen molar-refractivity contribution in [2.24, 2.45) is 0 Å². The largest absolute Gasteiger partial charge is 0.392 e. The van der Waals surface area contributed by atoms with Gasteiger partial charge in [-0.25, -0.2) is 13.9 Å². The third-order valence-electron chi connectivity index (χ3n) is 4.67. The Morgan fingerprint density at radius 2 is 1.89 bits per heavy atom. The van der Waals surface area contributed by atoms with Crippen LogP contribution in [-0.4, -0.2) is 40.2 Å². The van der Waals surface area contributed by atoms with Crippen molar-refractivity contribution in [1.82, 2.24) is 10.0 Å². The summed E-state index contributed by atoms with van der Waals surface area (Å²) in [5.41, 5.74) is 3.17. The van der Waals surface area contributed by atoms with E-state index in [4.69, 9.17) is 5.21 Å². The second-order valence-electron chi connectivity index (χ2n) is 6.50. The summed E-state index contributed by atoms with van der Waals surface area (Å²) in [5.74, 6) is -1.05.